The number of aliphatic hydroxyl groups is 2. The second-order valence-electron chi connectivity index (χ2n) is 3.63. The molecule has 0 spiro atoms. The Hall–Kier alpha value is -0.200. The monoisotopic (exact) mass is 221 g/mol. The highest BCUT2D eigenvalue weighted by Gasteiger charge is 2.16. The maximum Gasteiger partial charge on any atom is 0.0897 e. The Balaban J connectivity index is 4.03. The molecule has 5 nitrogen and oxygen atoms in total. The van der Waals surface area contributed by atoms with Crippen molar-refractivity contribution in [3.8, 4) is 0 Å². The van der Waals surface area contributed by atoms with Gasteiger partial charge in [0.1, 0.15) is 0 Å². The summed E-state index contributed by atoms with van der Waals surface area (Å²) >= 11 is 0. The van der Waals surface area contributed by atoms with E-state index < -0.39 is 6.10 Å². The first-order valence-electron chi connectivity index (χ1n) is 5.16. The van der Waals surface area contributed by atoms with E-state index in [1.165, 1.54) is 0 Å². The lowest BCUT2D eigenvalue weighted by Gasteiger charge is -2.29. The van der Waals surface area contributed by atoms with E-state index >= 15 is 0 Å². The van der Waals surface area contributed by atoms with Gasteiger partial charge >= 0.3 is 0 Å². The summed E-state index contributed by atoms with van der Waals surface area (Å²) in [7, 11) is 3.29. The van der Waals surface area contributed by atoms with Gasteiger partial charge in [0.15, 0.2) is 0 Å². The number of hydrogen-bond acceptors (Lipinski definition) is 5. The molecule has 0 aliphatic heterocycles. The first-order valence-corrected chi connectivity index (χ1v) is 5.16. The Morgan fingerprint density at radius 2 is 1.93 bits per heavy atom. The maximum atomic E-state index is 9.37. The van der Waals surface area contributed by atoms with Gasteiger partial charge < -0.3 is 19.7 Å². The van der Waals surface area contributed by atoms with Gasteiger partial charge in [0.25, 0.3) is 0 Å². The number of rotatable bonds is 9. The molecule has 92 valence electrons. The van der Waals surface area contributed by atoms with E-state index in [-0.39, 0.29) is 12.6 Å². The van der Waals surface area contributed by atoms with E-state index in [2.05, 4.69) is 0 Å². The second kappa shape index (κ2) is 9.06. The van der Waals surface area contributed by atoms with Crippen molar-refractivity contribution in [2.45, 2.75) is 19.1 Å². The van der Waals surface area contributed by atoms with Crippen LogP contribution in [-0.4, -0.2) is 74.4 Å². The quantitative estimate of drug-likeness (QED) is 0.540. The van der Waals surface area contributed by atoms with Crippen LogP contribution in [0, 0.1) is 0 Å². The normalized spacial score (nSPS) is 15.6. The summed E-state index contributed by atoms with van der Waals surface area (Å²) in [5.41, 5.74) is 0. The molecule has 2 atom stereocenters. The molecule has 15 heavy (non-hydrogen) atoms. The van der Waals surface area contributed by atoms with E-state index in [0.717, 1.165) is 6.54 Å². The Bertz CT molecular complexity index is 145. The zero-order chi connectivity index (χ0) is 11.7. The Kier molecular flexibility index (Phi) is 8.94. The first kappa shape index (κ1) is 14.8. The van der Waals surface area contributed by atoms with Gasteiger partial charge in [-0.3, -0.25) is 4.90 Å². The zero-order valence-electron chi connectivity index (χ0n) is 9.85. The highest BCUT2D eigenvalue weighted by Crippen LogP contribution is 2.01. The molecule has 0 aliphatic carbocycles. The van der Waals surface area contributed by atoms with Crippen molar-refractivity contribution >= 4 is 0 Å². The molecule has 2 unspecified atom stereocenters. The predicted molar refractivity (Wildman–Crippen MR) is 57.9 cm³/mol. The highest BCUT2D eigenvalue weighted by molar-refractivity contribution is 4.70. The molecule has 0 heterocycles. The number of methoxy groups -OCH3 is 2. The van der Waals surface area contributed by atoms with Gasteiger partial charge in [0.2, 0.25) is 0 Å². The average Bonchev–Trinajstić information content (AvgIpc) is 2.24. The van der Waals surface area contributed by atoms with Gasteiger partial charge in [-0.15, -0.1) is 0 Å². The summed E-state index contributed by atoms with van der Waals surface area (Å²) in [5.74, 6) is 0. The van der Waals surface area contributed by atoms with Gasteiger partial charge in [0.05, 0.1) is 25.9 Å². The lowest BCUT2D eigenvalue weighted by Crippen LogP contribution is -2.43. The molecule has 0 rings (SSSR count). The molecular formula is C10H23NO4. The second-order valence-corrected chi connectivity index (χ2v) is 3.63. The van der Waals surface area contributed by atoms with Gasteiger partial charge in [-0.2, -0.15) is 0 Å². The van der Waals surface area contributed by atoms with E-state index in [9.17, 15) is 5.11 Å². The molecule has 5 heteroatoms. The molecule has 0 aromatic rings. The van der Waals surface area contributed by atoms with Gasteiger partial charge in [-0.25, -0.2) is 0 Å². The Labute approximate surface area is 91.6 Å². The predicted octanol–water partition coefficient (Wildman–Crippen LogP) is -0.677. The summed E-state index contributed by atoms with van der Waals surface area (Å²) in [5, 5.41) is 18.2. The van der Waals surface area contributed by atoms with Crippen LogP contribution in [0.2, 0.25) is 0 Å². The smallest absolute Gasteiger partial charge is 0.0897 e. The van der Waals surface area contributed by atoms with Crippen LogP contribution in [0.3, 0.4) is 0 Å². The van der Waals surface area contributed by atoms with Crippen LogP contribution < -0.4 is 0 Å². The maximum absolute atomic E-state index is 9.37. The lowest BCUT2D eigenvalue weighted by molar-refractivity contribution is 0.0182. The van der Waals surface area contributed by atoms with Crippen LogP contribution in [-0.2, 0) is 9.47 Å². The SMILES string of the molecule is COCCN(CC(O)CO)C(C)COC. The molecule has 0 fully saturated rings. The van der Waals surface area contributed by atoms with Crippen LogP contribution in [0.5, 0.6) is 0 Å². The molecule has 0 aliphatic rings. The fraction of sp³-hybridized carbons (Fsp3) is 1.00. The van der Waals surface area contributed by atoms with E-state index in [1.54, 1.807) is 14.2 Å². The summed E-state index contributed by atoms with van der Waals surface area (Å²) in [6, 6.07) is 0.200. The summed E-state index contributed by atoms with van der Waals surface area (Å²) in [6.45, 7) is 4.16. The van der Waals surface area contributed by atoms with Crippen molar-refractivity contribution < 1.29 is 19.7 Å². The summed E-state index contributed by atoms with van der Waals surface area (Å²) in [6.07, 6.45) is -0.707. The van der Waals surface area contributed by atoms with Crippen molar-refractivity contribution in [3.63, 3.8) is 0 Å². The molecule has 0 saturated heterocycles. The Morgan fingerprint density at radius 1 is 1.27 bits per heavy atom. The number of aliphatic hydroxyl groups excluding tert-OH is 2. The fourth-order valence-electron chi connectivity index (χ4n) is 1.38. The van der Waals surface area contributed by atoms with Crippen LogP contribution >= 0.6 is 0 Å². The topological polar surface area (TPSA) is 62.2 Å². The van der Waals surface area contributed by atoms with Crippen LogP contribution in [0.1, 0.15) is 6.92 Å². The molecule has 0 aromatic carbocycles. The number of ether oxygens (including phenoxy) is 2. The molecular weight excluding hydrogens is 198 g/mol. The van der Waals surface area contributed by atoms with Gasteiger partial charge in [-0.1, -0.05) is 0 Å². The van der Waals surface area contributed by atoms with Crippen molar-refractivity contribution in [1.82, 2.24) is 4.90 Å². The minimum atomic E-state index is -0.707. The molecule has 0 bridgehead atoms. The molecule has 0 amide bonds. The standard InChI is InChI=1S/C10H23NO4/c1-9(8-15-3)11(4-5-14-2)6-10(13)7-12/h9-10,12-13H,4-8H2,1-3H3. The third-order valence-electron chi connectivity index (χ3n) is 2.27. The molecule has 0 radical (unpaired) electrons. The summed E-state index contributed by atoms with van der Waals surface area (Å²) in [4.78, 5) is 2.04. The van der Waals surface area contributed by atoms with Crippen molar-refractivity contribution in [2.75, 3.05) is 47.1 Å². The minimum Gasteiger partial charge on any atom is -0.394 e. The Morgan fingerprint density at radius 3 is 2.40 bits per heavy atom. The largest absolute Gasteiger partial charge is 0.394 e. The van der Waals surface area contributed by atoms with Crippen molar-refractivity contribution in [1.29, 1.82) is 0 Å². The van der Waals surface area contributed by atoms with Crippen molar-refractivity contribution in [3.05, 3.63) is 0 Å². The minimum absolute atomic E-state index is 0.200. The molecule has 0 aromatic heterocycles. The van der Waals surface area contributed by atoms with Gasteiger partial charge in [0, 0.05) is 33.4 Å². The van der Waals surface area contributed by atoms with Gasteiger partial charge in [-0.05, 0) is 6.92 Å². The van der Waals surface area contributed by atoms with E-state index in [4.69, 9.17) is 14.6 Å². The van der Waals surface area contributed by atoms with Crippen LogP contribution in [0.15, 0.2) is 0 Å². The zero-order valence-corrected chi connectivity index (χ0v) is 9.85. The average molecular weight is 221 g/mol. The van der Waals surface area contributed by atoms with Crippen molar-refractivity contribution in [2.24, 2.45) is 0 Å². The first-order chi connectivity index (χ1) is 7.15. The number of nitrogens with zero attached hydrogens (tertiary/aromatic N) is 1. The highest BCUT2D eigenvalue weighted by atomic mass is 16.5. The summed E-state index contributed by atoms with van der Waals surface area (Å²) < 4.78 is 10.0. The van der Waals surface area contributed by atoms with E-state index in [1.807, 2.05) is 11.8 Å². The fourth-order valence-corrected chi connectivity index (χ4v) is 1.38. The number of hydrogen-bond donors (Lipinski definition) is 2. The van der Waals surface area contributed by atoms with Crippen LogP contribution in [0.4, 0.5) is 0 Å². The molecule has 2 N–H and O–H groups in total. The molecule has 0 saturated carbocycles. The third kappa shape index (κ3) is 6.81. The van der Waals surface area contributed by atoms with Crippen LogP contribution in [0.25, 0.3) is 0 Å². The third-order valence-corrected chi connectivity index (χ3v) is 2.27. The van der Waals surface area contributed by atoms with E-state index in [0.29, 0.717) is 19.8 Å². The lowest BCUT2D eigenvalue weighted by atomic mass is 10.2.